The van der Waals surface area contributed by atoms with Crippen molar-refractivity contribution in [2.75, 3.05) is 25.6 Å². The second-order valence-electron chi connectivity index (χ2n) is 2.54. The summed E-state index contributed by atoms with van der Waals surface area (Å²) < 4.78 is 4.79. The third kappa shape index (κ3) is 3.00. The van der Waals surface area contributed by atoms with Gasteiger partial charge in [0.05, 0.1) is 11.5 Å². The lowest BCUT2D eigenvalue weighted by Crippen LogP contribution is -2.11. The molecule has 0 unspecified atom stereocenters. The molecule has 0 saturated heterocycles. The van der Waals surface area contributed by atoms with Crippen molar-refractivity contribution in [3.05, 3.63) is 21.6 Å². The predicted molar refractivity (Wildman–Crippen MR) is 54.1 cm³/mol. The highest BCUT2D eigenvalue weighted by atomic mass is 35.5. The first kappa shape index (κ1) is 11.6. The Morgan fingerprint density at radius 1 is 1.67 bits per heavy atom. The van der Waals surface area contributed by atoms with Crippen molar-refractivity contribution < 1.29 is 9.66 Å². The third-order valence-electron chi connectivity index (χ3n) is 1.56. The minimum absolute atomic E-state index is 0.0945. The zero-order valence-electron chi connectivity index (χ0n) is 7.94. The highest BCUT2D eigenvalue weighted by Crippen LogP contribution is 2.27. The molecule has 0 atom stereocenters. The zero-order valence-corrected chi connectivity index (χ0v) is 8.69. The number of hydrogen-bond acceptors (Lipinski definition) is 6. The van der Waals surface area contributed by atoms with E-state index in [2.05, 4.69) is 15.3 Å². The van der Waals surface area contributed by atoms with Gasteiger partial charge in [0.15, 0.2) is 0 Å². The van der Waals surface area contributed by atoms with Gasteiger partial charge in [0, 0.05) is 13.7 Å². The summed E-state index contributed by atoms with van der Waals surface area (Å²) in [6.45, 7) is 0.823. The molecule has 1 heterocycles. The SMILES string of the molecule is COCCNc1ncnc(Cl)c1[N+](=O)[O-]. The van der Waals surface area contributed by atoms with Crippen LogP contribution in [-0.4, -0.2) is 35.2 Å². The monoisotopic (exact) mass is 232 g/mol. The van der Waals surface area contributed by atoms with Crippen LogP contribution in [0.15, 0.2) is 6.33 Å². The Morgan fingerprint density at radius 3 is 3.00 bits per heavy atom. The number of halogens is 1. The van der Waals surface area contributed by atoms with Crippen LogP contribution >= 0.6 is 11.6 Å². The molecule has 1 aromatic rings. The number of nitrogens with one attached hydrogen (secondary N) is 1. The van der Waals surface area contributed by atoms with Gasteiger partial charge in [-0.15, -0.1) is 0 Å². The molecular weight excluding hydrogens is 224 g/mol. The molecule has 0 spiro atoms. The molecule has 0 amide bonds. The summed E-state index contributed by atoms with van der Waals surface area (Å²) in [4.78, 5) is 17.3. The van der Waals surface area contributed by atoms with Crippen LogP contribution in [0.3, 0.4) is 0 Å². The number of methoxy groups -OCH3 is 1. The Morgan fingerprint density at radius 2 is 2.40 bits per heavy atom. The third-order valence-corrected chi connectivity index (χ3v) is 1.84. The summed E-state index contributed by atoms with van der Waals surface area (Å²) in [7, 11) is 1.53. The number of hydrogen-bond donors (Lipinski definition) is 1. The molecule has 0 aliphatic carbocycles. The molecule has 1 N–H and O–H groups in total. The molecular formula is C7H9ClN4O3. The average Bonchev–Trinajstić information content (AvgIpc) is 2.17. The van der Waals surface area contributed by atoms with Crippen LogP contribution in [0.2, 0.25) is 5.15 Å². The summed E-state index contributed by atoms with van der Waals surface area (Å²) in [6.07, 6.45) is 1.16. The van der Waals surface area contributed by atoms with E-state index in [1.165, 1.54) is 7.11 Å². The van der Waals surface area contributed by atoms with Crippen molar-refractivity contribution in [1.29, 1.82) is 0 Å². The van der Waals surface area contributed by atoms with Gasteiger partial charge < -0.3 is 10.1 Å². The first-order chi connectivity index (χ1) is 7.16. The zero-order chi connectivity index (χ0) is 11.3. The average molecular weight is 233 g/mol. The van der Waals surface area contributed by atoms with Crippen molar-refractivity contribution in [2.45, 2.75) is 0 Å². The van der Waals surface area contributed by atoms with Crippen molar-refractivity contribution in [3.8, 4) is 0 Å². The lowest BCUT2D eigenvalue weighted by atomic mass is 10.4. The number of anilines is 1. The Kier molecular flexibility index (Phi) is 4.19. The van der Waals surface area contributed by atoms with Crippen molar-refractivity contribution in [3.63, 3.8) is 0 Å². The van der Waals surface area contributed by atoms with E-state index in [9.17, 15) is 10.1 Å². The molecule has 0 bridgehead atoms. The van der Waals surface area contributed by atoms with E-state index in [1.54, 1.807) is 0 Å². The van der Waals surface area contributed by atoms with E-state index in [1.807, 2.05) is 0 Å². The Labute approximate surface area is 90.6 Å². The number of nitro groups is 1. The summed E-state index contributed by atoms with van der Waals surface area (Å²) in [5.74, 6) is 0.0945. The van der Waals surface area contributed by atoms with Gasteiger partial charge in [-0.25, -0.2) is 9.97 Å². The van der Waals surface area contributed by atoms with Gasteiger partial charge in [-0.3, -0.25) is 10.1 Å². The summed E-state index contributed by atoms with van der Waals surface area (Å²) in [6, 6.07) is 0. The van der Waals surface area contributed by atoms with Crippen LogP contribution in [0, 0.1) is 10.1 Å². The lowest BCUT2D eigenvalue weighted by Gasteiger charge is -2.04. The lowest BCUT2D eigenvalue weighted by molar-refractivity contribution is -0.384. The van der Waals surface area contributed by atoms with Crippen molar-refractivity contribution >= 4 is 23.1 Å². The quantitative estimate of drug-likeness (QED) is 0.354. The Bertz CT molecular complexity index is 360. The highest BCUT2D eigenvalue weighted by Gasteiger charge is 2.20. The maximum Gasteiger partial charge on any atom is 0.348 e. The number of nitrogens with zero attached hydrogens (tertiary/aromatic N) is 3. The molecule has 1 aromatic heterocycles. The van der Waals surface area contributed by atoms with Gasteiger partial charge in [-0.1, -0.05) is 11.6 Å². The van der Waals surface area contributed by atoms with Crippen LogP contribution in [0.1, 0.15) is 0 Å². The smallest absolute Gasteiger partial charge is 0.348 e. The van der Waals surface area contributed by atoms with Crippen LogP contribution in [0.5, 0.6) is 0 Å². The molecule has 82 valence electrons. The minimum atomic E-state index is -0.628. The van der Waals surface area contributed by atoms with Gasteiger partial charge >= 0.3 is 5.69 Å². The molecule has 8 heteroatoms. The van der Waals surface area contributed by atoms with E-state index < -0.39 is 4.92 Å². The molecule has 0 aliphatic rings. The standard InChI is InChI=1S/C7H9ClN4O3/c1-15-3-2-9-7-5(12(13)14)6(8)10-4-11-7/h4H,2-3H2,1H3,(H,9,10,11). The Hall–Kier alpha value is -1.47. The largest absolute Gasteiger partial charge is 0.383 e. The van der Waals surface area contributed by atoms with Crippen LogP contribution in [0.4, 0.5) is 11.5 Å². The van der Waals surface area contributed by atoms with E-state index in [-0.39, 0.29) is 16.7 Å². The van der Waals surface area contributed by atoms with Gasteiger partial charge in [-0.2, -0.15) is 0 Å². The molecule has 7 nitrogen and oxygen atoms in total. The van der Waals surface area contributed by atoms with Gasteiger partial charge in [0.1, 0.15) is 6.33 Å². The van der Waals surface area contributed by atoms with Gasteiger partial charge in [0.2, 0.25) is 11.0 Å². The second kappa shape index (κ2) is 5.42. The highest BCUT2D eigenvalue weighted by molar-refractivity contribution is 6.31. The van der Waals surface area contributed by atoms with E-state index >= 15 is 0 Å². The first-order valence-electron chi connectivity index (χ1n) is 4.04. The summed E-state index contributed by atoms with van der Waals surface area (Å²) in [5.41, 5.74) is -0.324. The Balaban J connectivity index is 2.86. The number of aromatic nitrogens is 2. The topological polar surface area (TPSA) is 90.2 Å². The van der Waals surface area contributed by atoms with Crippen LogP contribution in [-0.2, 0) is 4.74 Å². The van der Waals surface area contributed by atoms with Crippen molar-refractivity contribution in [1.82, 2.24) is 9.97 Å². The van der Waals surface area contributed by atoms with Crippen LogP contribution < -0.4 is 5.32 Å². The summed E-state index contributed by atoms with van der Waals surface area (Å²) >= 11 is 5.57. The fourth-order valence-electron chi connectivity index (χ4n) is 0.920. The molecule has 0 aliphatic heterocycles. The minimum Gasteiger partial charge on any atom is -0.383 e. The molecule has 0 aromatic carbocycles. The fraction of sp³-hybridized carbons (Fsp3) is 0.429. The maximum absolute atomic E-state index is 10.6. The fourth-order valence-corrected chi connectivity index (χ4v) is 1.12. The molecule has 0 saturated carbocycles. The first-order valence-corrected chi connectivity index (χ1v) is 4.42. The molecule has 15 heavy (non-hydrogen) atoms. The predicted octanol–water partition coefficient (Wildman–Crippen LogP) is 1.10. The normalized spacial score (nSPS) is 10.0. The van der Waals surface area contributed by atoms with Gasteiger partial charge in [-0.05, 0) is 0 Å². The van der Waals surface area contributed by atoms with Crippen molar-refractivity contribution in [2.24, 2.45) is 0 Å². The molecule has 0 fully saturated rings. The summed E-state index contributed by atoms with van der Waals surface area (Å²) in [5, 5.41) is 13.2. The van der Waals surface area contributed by atoms with Crippen LogP contribution in [0.25, 0.3) is 0 Å². The molecule has 0 radical (unpaired) electrons. The van der Waals surface area contributed by atoms with Gasteiger partial charge in [0.25, 0.3) is 0 Å². The van der Waals surface area contributed by atoms with E-state index in [0.29, 0.717) is 13.2 Å². The number of ether oxygens (including phenoxy) is 1. The number of rotatable bonds is 5. The van der Waals surface area contributed by atoms with E-state index in [0.717, 1.165) is 6.33 Å². The second-order valence-corrected chi connectivity index (χ2v) is 2.90. The maximum atomic E-state index is 10.6. The molecule has 1 rings (SSSR count). The van der Waals surface area contributed by atoms with E-state index in [4.69, 9.17) is 16.3 Å².